The molecule has 0 saturated heterocycles. The highest BCUT2D eigenvalue weighted by Gasteiger charge is 2.24. The van der Waals surface area contributed by atoms with Crippen molar-refractivity contribution in [3.05, 3.63) is 60.7 Å². The van der Waals surface area contributed by atoms with Crippen molar-refractivity contribution in [2.45, 2.75) is 4.90 Å². The average Bonchev–Trinajstić information content (AvgIpc) is 2.77. The van der Waals surface area contributed by atoms with Crippen LogP contribution in [0.1, 0.15) is 5.56 Å². The monoisotopic (exact) mass is 447 g/mol. The van der Waals surface area contributed by atoms with Gasteiger partial charge in [0.05, 0.1) is 31.9 Å². The second-order valence-corrected chi connectivity index (χ2v) is 8.29. The molecule has 9 nitrogen and oxygen atoms in total. The Kier molecular flexibility index (Phi) is 8.59. The number of hydrogen-bond donors (Lipinski definition) is 1. The van der Waals surface area contributed by atoms with Crippen molar-refractivity contribution in [2.24, 2.45) is 5.10 Å². The van der Waals surface area contributed by atoms with Crippen molar-refractivity contribution in [3.63, 3.8) is 0 Å². The van der Waals surface area contributed by atoms with Gasteiger partial charge in [-0.05, 0) is 29.8 Å². The molecule has 2 aromatic carbocycles. The van der Waals surface area contributed by atoms with Gasteiger partial charge in [-0.2, -0.15) is 9.41 Å². The second kappa shape index (κ2) is 11.1. The number of nitrogens with zero attached hydrogens (tertiary/aromatic N) is 2. The van der Waals surface area contributed by atoms with E-state index < -0.39 is 22.5 Å². The molecule has 0 aliphatic rings. The van der Waals surface area contributed by atoms with Gasteiger partial charge in [-0.15, -0.1) is 0 Å². The molecule has 166 valence electrons. The Balaban J connectivity index is 2.00. The summed E-state index contributed by atoms with van der Waals surface area (Å²) in [7, 11) is 0.238. The van der Waals surface area contributed by atoms with E-state index >= 15 is 0 Å². The summed E-state index contributed by atoms with van der Waals surface area (Å²) in [6.07, 6.45) is 3.06. The number of carbonyl (C=O) groups excluding carboxylic acids is 1. The molecule has 0 saturated carbocycles. The third-order valence-corrected chi connectivity index (χ3v) is 5.86. The van der Waals surface area contributed by atoms with Crippen LogP contribution in [0.15, 0.2) is 65.1 Å². The van der Waals surface area contributed by atoms with Gasteiger partial charge in [0.15, 0.2) is 11.5 Å². The van der Waals surface area contributed by atoms with E-state index in [0.717, 1.165) is 4.31 Å². The lowest BCUT2D eigenvalue weighted by atomic mass is 10.2. The summed E-state index contributed by atoms with van der Waals surface area (Å²) in [5, 5.41) is 3.86. The summed E-state index contributed by atoms with van der Waals surface area (Å²) in [6.45, 7) is 3.54. The van der Waals surface area contributed by atoms with Gasteiger partial charge < -0.3 is 14.2 Å². The Bertz CT molecular complexity index is 1050. The molecule has 0 aromatic heterocycles. The van der Waals surface area contributed by atoms with Crippen molar-refractivity contribution in [3.8, 4) is 17.2 Å². The lowest BCUT2D eigenvalue weighted by Gasteiger charge is -2.17. The maximum atomic E-state index is 12.7. The van der Waals surface area contributed by atoms with Crippen molar-refractivity contribution >= 4 is 22.1 Å². The molecule has 0 bridgehead atoms. The van der Waals surface area contributed by atoms with E-state index in [9.17, 15) is 13.2 Å². The Morgan fingerprint density at radius 3 is 2.58 bits per heavy atom. The molecule has 0 aliphatic carbocycles. The van der Waals surface area contributed by atoms with Gasteiger partial charge in [0.2, 0.25) is 10.0 Å². The molecule has 1 amide bonds. The number of sulfonamides is 1. The minimum absolute atomic E-state index is 0.0275. The maximum Gasteiger partial charge on any atom is 0.255 e. The third kappa shape index (κ3) is 6.56. The van der Waals surface area contributed by atoms with E-state index in [-0.39, 0.29) is 10.6 Å². The molecule has 0 heterocycles. The molecule has 10 heteroatoms. The van der Waals surface area contributed by atoms with Gasteiger partial charge >= 0.3 is 0 Å². The fourth-order valence-corrected chi connectivity index (χ4v) is 3.64. The molecule has 0 radical (unpaired) electrons. The van der Waals surface area contributed by atoms with Crippen LogP contribution in [-0.2, 0) is 14.8 Å². The number of likely N-dealkylation sites (N-methyl/N-ethyl adjacent to an activating group) is 1. The van der Waals surface area contributed by atoms with Crippen molar-refractivity contribution in [1.29, 1.82) is 0 Å². The summed E-state index contributed by atoms with van der Waals surface area (Å²) in [6, 6.07) is 11.3. The fourth-order valence-electron chi connectivity index (χ4n) is 2.50. The number of rotatable bonds is 11. The lowest BCUT2D eigenvalue weighted by Crippen LogP contribution is -2.36. The Morgan fingerprint density at radius 1 is 1.16 bits per heavy atom. The van der Waals surface area contributed by atoms with Crippen LogP contribution in [0.2, 0.25) is 0 Å². The number of carbonyl (C=O) groups is 1. The van der Waals surface area contributed by atoms with Crippen LogP contribution in [0.25, 0.3) is 0 Å². The van der Waals surface area contributed by atoms with Gasteiger partial charge in [-0.25, -0.2) is 13.8 Å². The van der Waals surface area contributed by atoms with Gasteiger partial charge in [0.25, 0.3) is 5.91 Å². The predicted octanol–water partition coefficient (Wildman–Crippen LogP) is 2.04. The van der Waals surface area contributed by atoms with Crippen LogP contribution in [-0.4, -0.2) is 59.3 Å². The second-order valence-electron chi connectivity index (χ2n) is 6.24. The van der Waals surface area contributed by atoms with E-state index in [1.807, 2.05) is 0 Å². The van der Waals surface area contributed by atoms with Crippen LogP contribution >= 0.6 is 0 Å². The summed E-state index contributed by atoms with van der Waals surface area (Å²) in [5.74, 6) is 0.707. The standard InChI is InChI=1S/C21H25N3O6S/c1-5-11-30-17-8-6-7-16(12-17)14-22-23-21(25)15-24(2)31(26,27)18-9-10-19(28-3)20(13-18)29-4/h5-10,12-14H,1,11,15H2,2-4H3,(H,23,25)/b22-14-. The Labute approximate surface area is 182 Å². The summed E-state index contributed by atoms with van der Waals surface area (Å²) < 4.78 is 42.1. The van der Waals surface area contributed by atoms with Crippen LogP contribution in [0.3, 0.4) is 0 Å². The fraction of sp³-hybridized carbons (Fsp3) is 0.238. The van der Waals surface area contributed by atoms with Gasteiger partial charge in [0.1, 0.15) is 12.4 Å². The smallest absolute Gasteiger partial charge is 0.255 e. The first-order chi connectivity index (χ1) is 14.8. The first kappa shape index (κ1) is 23.9. The van der Waals surface area contributed by atoms with E-state index in [0.29, 0.717) is 23.7 Å². The molecule has 31 heavy (non-hydrogen) atoms. The number of nitrogens with one attached hydrogen (secondary N) is 1. The maximum absolute atomic E-state index is 12.7. The minimum Gasteiger partial charge on any atom is -0.493 e. The molecule has 1 N–H and O–H groups in total. The topological polar surface area (TPSA) is 107 Å². The first-order valence-corrected chi connectivity index (χ1v) is 10.6. The summed E-state index contributed by atoms with van der Waals surface area (Å²) in [5.41, 5.74) is 3.01. The van der Waals surface area contributed by atoms with Gasteiger partial charge in [0, 0.05) is 13.1 Å². The number of ether oxygens (including phenoxy) is 3. The highest BCUT2D eigenvalue weighted by molar-refractivity contribution is 7.89. The number of benzene rings is 2. The van der Waals surface area contributed by atoms with Crippen molar-refractivity contribution in [1.82, 2.24) is 9.73 Å². The average molecular weight is 448 g/mol. The van der Waals surface area contributed by atoms with Crippen LogP contribution in [0, 0.1) is 0 Å². The zero-order valence-electron chi connectivity index (χ0n) is 17.6. The molecule has 2 rings (SSSR count). The van der Waals surface area contributed by atoms with Crippen LogP contribution < -0.4 is 19.6 Å². The van der Waals surface area contributed by atoms with Crippen molar-refractivity contribution < 1.29 is 27.4 Å². The number of hydrogen-bond acceptors (Lipinski definition) is 7. The zero-order valence-corrected chi connectivity index (χ0v) is 18.4. The first-order valence-electron chi connectivity index (χ1n) is 9.16. The normalized spacial score (nSPS) is 11.4. The van der Waals surface area contributed by atoms with E-state index in [1.165, 1.54) is 45.7 Å². The number of amides is 1. The zero-order chi connectivity index (χ0) is 22.9. The predicted molar refractivity (Wildman–Crippen MR) is 117 cm³/mol. The SMILES string of the molecule is C=CCOc1cccc(/C=N\NC(=O)CN(C)S(=O)(=O)c2ccc(OC)c(OC)c2)c1. The highest BCUT2D eigenvalue weighted by Crippen LogP contribution is 2.30. The number of hydrazone groups is 1. The molecule has 0 fully saturated rings. The summed E-state index contributed by atoms with van der Waals surface area (Å²) >= 11 is 0. The largest absolute Gasteiger partial charge is 0.493 e. The Hall–Kier alpha value is -3.37. The molecular weight excluding hydrogens is 422 g/mol. The summed E-state index contributed by atoms with van der Waals surface area (Å²) in [4.78, 5) is 12.1. The van der Waals surface area contributed by atoms with Gasteiger partial charge in [-0.3, -0.25) is 4.79 Å². The number of methoxy groups -OCH3 is 2. The van der Waals surface area contributed by atoms with E-state index in [2.05, 4.69) is 17.1 Å². The highest BCUT2D eigenvalue weighted by atomic mass is 32.2. The molecule has 0 aliphatic heterocycles. The van der Waals surface area contributed by atoms with Crippen LogP contribution in [0.5, 0.6) is 17.2 Å². The van der Waals surface area contributed by atoms with E-state index in [1.54, 1.807) is 30.3 Å². The third-order valence-electron chi connectivity index (χ3n) is 4.06. The quantitative estimate of drug-likeness (QED) is 0.321. The Morgan fingerprint density at radius 2 is 1.90 bits per heavy atom. The van der Waals surface area contributed by atoms with E-state index in [4.69, 9.17) is 14.2 Å². The van der Waals surface area contributed by atoms with Crippen molar-refractivity contribution in [2.75, 3.05) is 34.4 Å². The molecule has 0 spiro atoms. The molecule has 2 aromatic rings. The molecule has 0 unspecified atom stereocenters. The lowest BCUT2D eigenvalue weighted by molar-refractivity contribution is -0.121. The minimum atomic E-state index is -3.92. The molecule has 0 atom stereocenters. The van der Waals surface area contributed by atoms with Crippen LogP contribution in [0.4, 0.5) is 0 Å². The van der Waals surface area contributed by atoms with Gasteiger partial charge in [-0.1, -0.05) is 24.8 Å². The molecular formula is C21H25N3O6S.